The average Bonchev–Trinajstić information content (AvgIpc) is 2.19. The second-order valence-corrected chi connectivity index (χ2v) is 3.09. The minimum Gasteiger partial charge on any atom is -0.344 e. The predicted molar refractivity (Wildman–Crippen MR) is 66.4 cm³/mol. The molecule has 2 aromatic rings. The molecule has 85 valence electrons. The topological polar surface area (TPSA) is 47.9 Å². The molecule has 0 bridgehead atoms. The molecule has 4 heteroatoms. The maximum absolute atomic E-state index is 12.7. The Hall–Kier alpha value is -1.45. The van der Waals surface area contributed by atoms with Crippen LogP contribution in [-0.2, 0) is 0 Å². The van der Waals surface area contributed by atoms with Crippen molar-refractivity contribution in [2.45, 2.75) is 0 Å². The lowest BCUT2D eigenvalue weighted by Crippen LogP contribution is -1.82. The molecule has 16 heavy (non-hydrogen) atoms. The summed E-state index contributed by atoms with van der Waals surface area (Å²) in [4.78, 5) is 4.03. The molecule has 1 radical (unpaired) electrons. The van der Waals surface area contributed by atoms with Gasteiger partial charge < -0.3 is 6.15 Å². The van der Waals surface area contributed by atoms with Crippen molar-refractivity contribution in [3.63, 3.8) is 0 Å². The Bertz CT molecular complexity index is 443. The molecule has 3 N–H and O–H groups in total. The van der Waals surface area contributed by atoms with E-state index in [9.17, 15) is 4.39 Å². The molecule has 0 amide bonds. The summed E-state index contributed by atoms with van der Waals surface area (Å²) in [6.45, 7) is 3.79. The third-order valence-corrected chi connectivity index (χ3v) is 1.97. The highest BCUT2D eigenvalue weighted by Gasteiger charge is 1.98. The highest BCUT2D eigenvalue weighted by molar-refractivity contribution is 5.85. The SMILES string of the molecule is Cl.N.[CH2]c1cncc(-c2ccc(F)cc2)c1. The first-order chi connectivity index (χ1) is 6.75. The zero-order chi connectivity index (χ0) is 9.97. The minimum atomic E-state index is -0.229. The minimum absolute atomic E-state index is 0. The Labute approximate surface area is 101 Å². The number of hydrogen-bond acceptors (Lipinski definition) is 2. The molecule has 0 aliphatic rings. The summed E-state index contributed by atoms with van der Waals surface area (Å²) in [5.41, 5.74) is 2.76. The van der Waals surface area contributed by atoms with Gasteiger partial charge in [0.15, 0.2) is 0 Å². The quantitative estimate of drug-likeness (QED) is 0.826. The van der Waals surface area contributed by atoms with Gasteiger partial charge in [0.2, 0.25) is 0 Å². The number of aromatic nitrogens is 1. The first kappa shape index (κ1) is 14.6. The van der Waals surface area contributed by atoms with Crippen LogP contribution in [0.1, 0.15) is 5.56 Å². The van der Waals surface area contributed by atoms with E-state index in [0.717, 1.165) is 16.7 Å². The molecule has 0 spiro atoms. The summed E-state index contributed by atoms with van der Waals surface area (Å²) < 4.78 is 12.7. The van der Waals surface area contributed by atoms with Crippen molar-refractivity contribution in [2.75, 3.05) is 0 Å². The third-order valence-electron chi connectivity index (χ3n) is 1.97. The second kappa shape index (κ2) is 6.20. The van der Waals surface area contributed by atoms with E-state index >= 15 is 0 Å². The van der Waals surface area contributed by atoms with Gasteiger partial charge in [-0.25, -0.2) is 4.39 Å². The summed E-state index contributed by atoms with van der Waals surface area (Å²) in [7, 11) is 0. The lowest BCUT2D eigenvalue weighted by atomic mass is 10.1. The average molecular weight is 240 g/mol. The third kappa shape index (κ3) is 3.29. The van der Waals surface area contributed by atoms with Gasteiger partial charge in [0.1, 0.15) is 5.82 Å². The van der Waals surface area contributed by atoms with Gasteiger partial charge in [-0.3, -0.25) is 4.98 Å². The van der Waals surface area contributed by atoms with Crippen molar-refractivity contribution in [3.05, 3.63) is 61.0 Å². The first-order valence-corrected chi connectivity index (χ1v) is 4.29. The number of hydrogen-bond donors (Lipinski definition) is 1. The Kier molecular flexibility index (Phi) is 5.64. The fraction of sp³-hybridized carbons (Fsp3) is 0. The highest BCUT2D eigenvalue weighted by atomic mass is 35.5. The Morgan fingerprint density at radius 3 is 2.19 bits per heavy atom. The van der Waals surface area contributed by atoms with Crippen LogP contribution in [0.2, 0.25) is 0 Å². The zero-order valence-corrected chi connectivity index (χ0v) is 9.51. The van der Waals surface area contributed by atoms with Crippen molar-refractivity contribution in [1.29, 1.82) is 0 Å². The normalized spacial score (nSPS) is 8.88. The molecule has 2 rings (SSSR count). The summed E-state index contributed by atoms with van der Waals surface area (Å²) >= 11 is 0. The van der Waals surface area contributed by atoms with Gasteiger partial charge in [0.05, 0.1) is 0 Å². The van der Waals surface area contributed by atoms with Gasteiger partial charge in [0, 0.05) is 18.0 Å². The Balaban J connectivity index is 0.00000112. The lowest BCUT2D eigenvalue weighted by Gasteiger charge is -2.01. The lowest BCUT2D eigenvalue weighted by molar-refractivity contribution is 0.628. The number of halogens is 2. The molecule has 1 aromatic heterocycles. The summed E-state index contributed by atoms with van der Waals surface area (Å²) in [5.74, 6) is -0.229. The summed E-state index contributed by atoms with van der Waals surface area (Å²) in [5, 5.41) is 0. The smallest absolute Gasteiger partial charge is 0.123 e. The van der Waals surface area contributed by atoms with Crippen LogP contribution in [0.25, 0.3) is 11.1 Å². The van der Waals surface area contributed by atoms with Gasteiger partial charge >= 0.3 is 0 Å². The van der Waals surface area contributed by atoms with E-state index in [1.165, 1.54) is 12.1 Å². The van der Waals surface area contributed by atoms with Crippen LogP contribution < -0.4 is 6.15 Å². The van der Waals surface area contributed by atoms with Crippen LogP contribution in [0.15, 0.2) is 42.7 Å². The molecule has 0 saturated carbocycles. The fourth-order valence-corrected chi connectivity index (χ4v) is 1.29. The number of rotatable bonds is 1. The molecule has 0 fully saturated rings. The predicted octanol–water partition coefficient (Wildman–Crippen LogP) is 3.65. The van der Waals surface area contributed by atoms with Gasteiger partial charge in [-0.05, 0) is 36.2 Å². The molecule has 0 atom stereocenters. The van der Waals surface area contributed by atoms with E-state index in [1.807, 2.05) is 6.07 Å². The maximum Gasteiger partial charge on any atom is 0.123 e. The van der Waals surface area contributed by atoms with E-state index in [-0.39, 0.29) is 24.4 Å². The molecule has 0 aliphatic heterocycles. The van der Waals surface area contributed by atoms with Crippen LogP contribution in [0, 0.1) is 12.7 Å². The van der Waals surface area contributed by atoms with Gasteiger partial charge in [0.25, 0.3) is 0 Å². The van der Waals surface area contributed by atoms with E-state index in [4.69, 9.17) is 0 Å². The zero-order valence-electron chi connectivity index (χ0n) is 8.69. The molecular weight excluding hydrogens is 227 g/mol. The van der Waals surface area contributed by atoms with Crippen molar-refractivity contribution in [2.24, 2.45) is 0 Å². The van der Waals surface area contributed by atoms with Crippen LogP contribution in [-0.4, -0.2) is 4.98 Å². The molecule has 1 heterocycles. The molecule has 0 saturated heterocycles. The van der Waals surface area contributed by atoms with Crippen LogP contribution >= 0.6 is 12.4 Å². The highest BCUT2D eigenvalue weighted by Crippen LogP contribution is 2.19. The Morgan fingerprint density at radius 2 is 1.62 bits per heavy atom. The van der Waals surface area contributed by atoms with E-state index in [1.54, 1.807) is 24.5 Å². The van der Waals surface area contributed by atoms with Crippen molar-refractivity contribution in [3.8, 4) is 11.1 Å². The molecule has 2 nitrogen and oxygen atoms in total. The van der Waals surface area contributed by atoms with E-state index < -0.39 is 0 Å². The van der Waals surface area contributed by atoms with Crippen molar-refractivity contribution in [1.82, 2.24) is 11.1 Å². The van der Waals surface area contributed by atoms with Crippen LogP contribution in [0.5, 0.6) is 0 Å². The standard InChI is InChI=1S/C12H9FN.ClH.H3N/c1-9-6-11(8-14-7-9)10-2-4-12(13)5-3-10;;/h2-8H,1H2;1H;1H3. The van der Waals surface area contributed by atoms with Crippen molar-refractivity contribution < 1.29 is 4.39 Å². The van der Waals surface area contributed by atoms with Crippen LogP contribution in [0.3, 0.4) is 0 Å². The molecule has 0 unspecified atom stereocenters. The van der Waals surface area contributed by atoms with Gasteiger partial charge in [-0.15, -0.1) is 12.4 Å². The van der Waals surface area contributed by atoms with E-state index in [0.29, 0.717) is 0 Å². The summed E-state index contributed by atoms with van der Waals surface area (Å²) in [6, 6.07) is 8.24. The molecule has 1 aromatic carbocycles. The second-order valence-electron chi connectivity index (χ2n) is 3.09. The molecule has 0 aliphatic carbocycles. The summed E-state index contributed by atoms with van der Waals surface area (Å²) in [6.07, 6.45) is 3.43. The molecular formula is C12H13ClFN2. The van der Waals surface area contributed by atoms with Gasteiger partial charge in [-0.2, -0.15) is 0 Å². The first-order valence-electron chi connectivity index (χ1n) is 4.29. The van der Waals surface area contributed by atoms with Crippen LogP contribution in [0.4, 0.5) is 4.39 Å². The Morgan fingerprint density at radius 1 is 1.00 bits per heavy atom. The monoisotopic (exact) mass is 239 g/mol. The van der Waals surface area contributed by atoms with Gasteiger partial charge in [-0.1, -0.05) is 12.1 Å². The largest absolute Gasteiger partial charge is 0.344 e. The number of pyridine rings is 1. The number of benzene rings is 1. The fourth-order valence-electron chi connectivity index (χ4n) is 1.29. The van der Waals surface area contributed by atoms with E-state index in [2.05, 4.69) is 11.9 Å². The number of nitrogens with zero attached hydrogens (tertiary/aromatic N) is 1. The maximum atomic E-state index is 12.7. The van der Waals surface area contributed by atoms with Crippen molar-refractivity contribution >= 4 is 12.4 Å².